The van der Waals surface area contributed by atoms with E-state index in [1.165, 1.54) is 0 Å². The molecule has 0 aliphatic rings. The molecule has 0 aliphatic heterocycles. The molecule has 1 rings (SSSR count). The van der Waals surface area contributed by atoms with Crippen molar-refractivity contribution in [2.45, 2.75) is 20.0 Å². The Labute approximate surface area is 113 Å². The molecule has 0 saturated heterocycles. The fraction of sp³-hybridized carbons (Fsp3) is 0.429. The number of nitrogens with zero attached hydrogens (tertiary/aromatic N) is 1. The lowest BCUT2D eigenvalue weighted by molar-refractivity contribution is -0.123. The summed E-state index contributed by atoms with van der Waals surface area (Å²) in [5.74, 6) is 0.178. The van der Waals surface area contributed by atoms with E-state index in [-0.39, 0.29) is 18.6 Å². The molecule has 19 heavy (non-hydrogen) atoms. The molecule has 1 aromatic carbocycles. The molecule has 0 saturated carbocycles. The number of nitriles is 1. The zero-order chi connectivity index (χ0) is 14.1. The molecule has 1 amide bonds. The highest BCUT2D eigenvalue weighted by Gasteiger charge is 2.07. The number of para-hydroxylation sites is 1. The summed E-state index contributed by atoms with van der Waals surface area (Å²) >= 11 is 0. The quantitative estimate of drug-likeness (QED) is 0.808. The Balaban J connectivity index is 2.36. The number of hydrogen-bond acceptors (Lipinski definition) is 4. The van der Waals surface area contributed by atoms with Crippen molar-refractivity contribution < 1.29 is 14.3 Å². The zero-order valence-electron chi connectivity index (χ0n) is 11.2. The summed E-state index contributed by atoms with van der Waals surface area (Å²) in [7, 11) is 0. The Bertz CT molecular complexity index is 454. The Morgan fingerprint density at radius 3 is 2.89 bits per heavy atom. The van der Waals surface area contributed by atoms with Crippen molar-refractivity contribution in [3.05, 3.63) is 29.8 Å². The van der Waals surface area contributed by atoms with Gasteiger partial charge in [-0.15, -0.1) is 0 Å². The first kappa shape index (κ1) is 15.0. The van der Waals surface area contributed by atoms with E-state index in [1.807, 2.05) is 19.9 Å². The molecule has 0 spiro atoms. The largest absolute Gasteiger partial charge is 0.482 e. The molecular formula is C14H18N2O3. The Hall–Kier alpha value is -2.06. The highest BCUT2D eigenvalue weighted by atomic mass is 16.5. The third kappa shape index (κ3) is 5.40. The van der Waals surface area contributed by atoms with Crippen molar-refractivity contribution in [1.29, 1.82) is 5.26 Å². The number of carbonyl (C=O) groups excluding carboxylic acids is 1. The van der Waals surface area contributed by atoms with Crippen LogP contribution in [0.25, 0.3) is 0 Å². The van der Waals surface area contributed by atoms with Crippen LogP contribution in [0.2, 0.25) is 0 Å². The first-order chi connectivity index (χ1) is 9.17. The van der Waals surface area contributed by atoms with Crippen LogP contribution in [0.4, 0.5) is 0 Å². The van der Waals surface area contributed by atoms with Crippen LogP contribution in [0.5, 0.6) is 5.75 Å². The van der Waals surface area contributed by atoms with Crippen LogP contribution in [-0.4, -0.2) is 31.8 Å². The van der Waals surface area contributed by atoms with Gasteiger partial charge in [0.2, 0.25) is 0 Å². The maximum Gasteiger partial charge on any atom is 0.258 e. The molecule has 1 unspecified atom stereocenters. The van der Waals surface area contributed by atoms with Crippen LogP contribution < -0.4 is 10.1 Å². The molecule has 5 heteroatoms. The van der Waals surface area contributed by atoms with Crippen LogP contribution >= 0.6 is 0 Å². The van der Waals surface area contributed by atoms with Gasteiger partial charge in [0.25, 0.3) is 5.91 Å². The fourth-order valence-electron chi connectivity index (χ4n) is 1.48. The summed E-state index contributed by atoms with van der Waals surface area (Å²) in [6.07, 6.45) is -0.0275. The molecule has 0 aliphatic carbocycles. The standard InChI is InChI=1S/C14H18N2O3/c1-3-18-11(2)9-16-14(17)10-19-13-7-5-4-6-12(13)8-15/h4-7,11H,3,9-10H2,1-2H3,(H,16,17). The lowest BCUT2D eigenvalue weighted by atomic mass is 10.2. The van der Waals surface area contributed by atoms with Gasteiger partial charge in [-0.25, -0.2) is 0 Å². The number of hydrogen-bond donors (Lipinski definition) is 1. The highest BCUT2D eigenvalue weighted by molar-refractivity contribution is 5.77. The number of amides is 1. The Kier molecular flexibility index (Phi) is 6.41. The van der Waals surface area contributed by atoms with Gasteiger partial charge in [0.15, 0.2) is 6.61 Å². The second kappa shape index (κ2) is 8.11. The van der Waals surface area contributed by atoms with Crippen LogP contribution in [-0.2, 0) is 9.53 Å². The van der Waals surface area contributed by atoms with E-state index in [2.05, 4.69) is 5.32 Å². The molecule has 1 aromatic rings. The van der Waals surface area contributed by atoms with Gasteiger partial charge in [-0.3, -0.25) is 4.79 Å². The second-order valence-corrected chi connectivity index (χ2v) is 3.97. The molecule has 0 radical (unpaired) electrons. The van der Waals surface area contributed by atoms with Crippen molar-refractivity contribution in [2.24, 2.45) is 0 Å². The third-order valence-corrected chi connectivity index (χ3v) is 2.40. The minimum Gasteiger partial charge on any atom is -0.482 e. The Morgan fingerprint density at radius 1 is 1.47 bits per heavy atom. The van der Waals surface area contributed by atoms with Crippen molar-refractivity contribution >= 4 is 5.91 Å². The molecule has 1 atom stereocenters. The summed E-state index contributed by atoms with van der Waals surface area (Å²) < 4.78 is 10.6. The smallest absolute Gasteiger partial charge is 0.258 e. The third-order valence-electron chi connectivity index (χ3n) is 2.40. The molecule has 0 bridgehead atoms. The summed E-state index contributed by atoms with van der Waals surface area (Å²) in [6, 6.07) is 8.81. The Morgan fingerprint density at radius 2 is 2.21 bits per heavy atom. The minimum absolute atomic E-state index is 0.0275. The molecule has 0 fully saturated rings. The monoisotopic (exact) mass is 262 g/mol. The van der Waals surface area contributed by atoms with E-state index < -0.39 is 0 Å². The summed E-state index contributed by atoms with van der Waals surface area (Å²) in [5, 5.41) is 11.6. The first-order valence-corrected chi connectivity index (χ1v) is 6.17. The predicted molar refractivity (Wildman–Crippen MR) is 70.7 cm³/mol. The summed E-state index contributed by atoms with van der Waals surface area (Å²) in [6.45, 7) is 4.73. The highest BCUT2D eigenvalue weighted by Crippen LogP contribution is 2.15. The normalized spacial score (nSPS) is 11.4. The van der Waals surface area contributed by atoms with Gasteiger partial charge in [0, 0.05) is 13.2 Å². The van der Waals surface area contributed by atoms with Gasteiger partial charge in [0.1, 0.15) is 11.8 Å². The van der Waals surface area contributed by atoms with Gasteiger partial charge >= 0.3 is 0 Å². The average Bonchev–Trinajstić information content (AvgIpc) is 2.43. The SMILES string of the molecule is CCOC(C)CNC(=O)COc1ccccc1C#N. The lowest BCUT2D eigenvalue weighted by Gasteiger charge is -2.13. The first-order valence-electron chi connectivity index (χ1n) is 6.17. The number of nitrogens with one attached hydrogen (secondary N) is 1. The van der Waals surface area contributed by atoms with Crippen LogP contribution in [0.3, 0.4) is 0 Å². The molecule has 0 heterocycles. The second-order valence-electron chi connectivity index (χ2n) is 3.97. The zero-order valence-corrected chi connectivity index (χ0v) is 11.2. The van der Waals surface area contributed by atoms with E-state index in [4.69, 9.17) is 14.7 Å². The van der Waals surface area contributed by atoms with Crippen LogP contribution in [0, 0.1) is 11.3 Å². The van der Waals surface area contributed by atoms with E-state index in [0.29, 0.717) is 24.5 Å². The van der Waals surface area contributed by atoms with Gasteiger partial charge in [-0.05, 0) is 26.0 Å². The molecular weight excluding hydrogens is 244 g/mol. The molecule has 1 N–H and O–H groups in total. The lowest BCUT2D eigenvalue weighted by Crippen LogP contribution is -2.35. The minimum atomic E-state index is -0.237. The van der Waals surface area contributed by atoms with Crippen molar-refractivity contribution in [3.8, 4) is 11.8 Å². The average molecular weight is 262 g/mol. The number of benzene rings is 1. The number of carbonyl (C=O) groups is 1. The van der Waals surface area contributed by atoms with Gasteiger partial charge in [-0.1, -0.05) is 12.1 Å². The summed E-state index contributed by atoms with van der Waals surface area (Å²) in [4.78, 5) is 11.6. The van der Waals surface area contributed by atoms with E-state index >= 15 is 0 Å². The maximum atomic E-state index is 11.6. The van der Waals surface area contributed by atoms with Gasteiger partial charge in [0.05, 0.1) is 11.7 Å². The van der Waals surface area contributed by atoms with Crippen molar-refractivity contribution in [3.63, 3.8) is 0 Å². The van der Waals surface area contributed by atoms with Crippen molar-refractivity contribution in [1.82, 2.24) is 5.32 Å². The van der Waals surface area contributed by atoms with E-state index in [0.717, 1.165) is 0 Å². The van der Waals surface area contributed by atoms with E-state index in [1.54, 1.807) is 24.3 Å². The summed E-state index contributed by atoms with van der Waals surface area (Å²) in [5.41, 5.74) is 0.415. The van der Waals surface area contributed by atoms with Crippen molar-refractivity contribution in [2.75, 3.05) is 19.8 Å². The molecule has 102 valence electrons. The van der Waals surface area contributed by atoms with Gasteiger partial charge < -0.3 is 14.8 Å². The maximum absolute atomic E-state index is 11.6. The van der Waals surface area contributed by atoms with Crippen LogP contribution in [0.15, 0.2) is 24.3 Å². The fourth-order valence-corrected chi connectivity index (χ4v) is 1.48. The van der Waals surface area contributed by atoms with Crippen LogP contribution in [0.1, 0.15) is 19.4 Å². The number of rotatable bonds is 7. The van der Waals surface area contributed by atoms with Gasteiger partial charge in [-0.2, -0.15) is 5.26 Å². The predicted octanol–water partition coefficient (Wildman–Crippen LogP) is 1.48. The number of ether oxygens (including phenoxy) is 2. The molecule has 0 aromatic heterocycles. The topological polar surface area (TPSA) is 71.3 Å². The molecule has 5 nitrogen and oxygen atoms in total. The van der Waals surface area contributed by atoms with E-state index in [9.17, 15) is 4.79 Å².